The molecule has 126 valence electrons. The Kier molecular flexibility index (Phi) is 3.88. The predicted octanol–water partition coefficient (Wildman–Crippen LogP) is 2.17. The summed E-state index contributed by atoms with van der Waals surface area (Å²) in [5.41, 5.74) is 1.03. The summed E-state index contributed by atoms with van der Waals surface area (Å²) in [4.78, 5) is 23.1. The smallest absolute Gasteiger partial charge is 0.223 e. The minimum Gasteiger partial charge on any atom is -0.349 e. The van der Waals surface area contributed by atoms with Crippen LogP contribution in [0.5, 0.6) is 0 Å². The monoisotopic (exact) mass is 346 g/mol. The summed E-state index contributed by atoms with van der Waals surface area (Å²) in [6.45, 7) is 0. The highest BCUT2D eigenvalue weighted by Gasteiger charge is 2.45. The van der Waals surface area contributed by atoms with Gasteiger partial charge in [0, 0.05) is 25.7 Å². The van der Waals surface area contributed by atoms with E-state index in [4.69, 9.17) is 11.6 Å². The lowest BCUT2D eigenvalue weighted by atomic mass is 9.92. The van der Waals surface area contributed by atoms with E-state index in [-0.39, 0.29) is 18.0 Å². The lowest BCUT2D eigenvalue weighted by molar-refractivity contribution is -0.138. The first-order chi connectivity index (χ1) is 11.6. The van der Waals surface area contributed by atoms with Gasteiger partial charge in [0.2, 0.25) is 11.9 Å². The molecular weight excluding hydrogens is 328 g/mol. The highest BCUT2D eigenvalue weighted by Crippen LogP contribution is 2.41. The van der Waals surface area contributed by atoms with Gasteiger partial charge in [0.1, 0.15) is 0 Å². The number of hydrogen-bond acceptors (Lipinski definition) is 5. The first-order valence-electron chi connectivity index (χ1n) is 8.16. The Balaban J connectivity index is 1.66. The molecule has 1 saturated carbocycles. The Hall–Kier alpha value is -2.15. The lowest BCUT2D eigenvalue weighted by Gasteiger charge is -2.41. The number of hydrogen-bond donors (Lipinski definition) is 1. The summed E-state index contributed by atoms with van der Waals surface area (Å²) in [6, 6.07) is 2.30. The van der Waals surface area contributed by atoms with Crippen LogP contribution in [0.15, 0.2) is 24.7 Å². The maximum absolute atomic E-state index is 12.6. The van der Waals surface area contributed by atoms with Crippen molar-refractivity contribution in [1.29, 1.82) is 0 Å². The molecule has 2 fully saturated rings. The van der Waals surface area contributed by atoms with Crippen molar-refractivity contribution in [2.75, 3.05) is 5.32 Å². The Morgan fingerprint density at radius 2 is 2.00 bits per heavy atom. The van der Waals surface area contributed by atoms with Crippen molar-refractivity contribution >= 4 is 23.5 Å². The molecule has 0 radical (unpaired) electrons. The van der Waals surface area contributed by atoms with Gasteiger partial charge in [0.05, 0.1) is 35.2 Å². The van der Waals surface area contributed by atoms with Crippen LogP contribution in [0.2, 0.25) is 5.02 Å². The zero-order valence-corrected chi connectivity index (χ0v) is 14.1. The van der Waals surface area contributed by atoms with Crippen molar-refractivity contribution in [3.05, 3.63) is 35.4 Å². The van der Waals surface area contributed by atoms with Gasteiger partial charge in [-0.15, -0.1) is 0 Å². The van der Waals surface area contributed by atoms with Crippen LogP contribution in [-0.2, 0) is 11.8 Å². The Labute approximate surface area is 145 Å². The number of nitrogens with zero attached hydrogens (tertiary/aromatic N) is 5. The second-order valence-electron chi connectivity index (χ2n) is 6.37. The van der Waals surface area contributed by atoms with Crippen LogP contribution in [-0.4, -0.2) is 42.6 Å². The van der Waals surface area contributed by atoms with Crippen molar-refractivity contribution in [2.24, 2.45) is 7.05 Å². The molecule has 2 aliphatic rings. The summed E-state index contributed by atoms with van der Waals surface area (Å²) in [5, 5.41) is 8.18. The van der Waals surface area contributed by atoms with Gasteiger partial charge < -0.3 is 10.2 Å². The van der Waals surface area contributed by atoms with Crippen LogP contribution in [0.1, 0.15) is 37.4 Å². The maximum Gasteiger partial charge on any atom is 0.223 e. The average Bonchev–Trinajstić information content (AvgIpc) is 3.32. The third kappa shape index (κ3) is 2.84. The molecule has 3 heterocycles. The molecule has 2 aromatic heterocycles. The third-order valence-electron chi connectivity index (χ3n) is 4.67. The molecule has 1 aliphatic carbocycles. The molecule has 1 aliphatic heterocycles. The van der Waals surface area contributed by atoms with Gasteiger partial charge in [-0.25, -0.2) is 9.97 Å². The highest BCUT2D eigenvalue weighted by molar-refractivity contribution is 6.30. The van der Waals surface area contributed by atoms with Crippen LogP contribution in [0.3, 0.4) is 0 Å². The Morgan fingerprint density at radius 1 is 1.25 bits per heavy atom. The van der Waals surface area contributed by atoms with Crippen molar-refractivity contribution in [2.45, 2.75) is 43.8 Å². The summed E-state index contributed by atoms with van der Waals surface area (Å²) in [6.07, 6.45) is 8.34. The summed E-state index contributed by atoms with van der Waals surface area (Å²) in [7, 11) is 1.91. The largest absolute Gasteiger partial charge is 0.349 e. The zero-order chi connectivity index (χ0) is 16.7. The Morgan fingerprint density at radius 3 is 2.62 bits per heavy atom. The molecule has 2 aromatic rings. The summed E-state index contributed by atoms with van der Waals surface area (Å²) >= 11 is 5.86. The number of anilines is 1. The molecule has 4 rings (SSSR count). The second-order valence-corrected chi connectivity index (χ2v) is 6.81. The molecule has 2 atom stereocenters. The molecular formula is C16H19ClN6O. The summed E-state index contributed by atoms with van der Waals surface area (Å²) in [5.74, 6) is 0.750. The van der Waals surface area contributed by atoms with Gasteiger partial charge in [-0.3, -0.25) is 9.48 Å². The van der Waals surface area contributed by atoms with Gasteiger partial charge in [-0.2, -0.15) is 5.10 Å². The van der Waals surface area contributed by atoms with Crippen molar-refractivity contribution in [3.63, 3.8) is 0 Å². The van der Waals surface area contributed by atoms with E-state index in [0.29, 0.717) is 23.4 Å². The fraction of sp³-hybridized carbons (Fsp3) is 0.500. The quantitative estimate of drug-likeness (QED) is 0.918. The number of carbonyl (C=O) groups is 1. The number of halogens is 1. The van der Waals surface area contributed by atoms with E-state index in [1.807, 2.05) is 22.7 Å². The molecule has 0 spiro atoms. The van der Waals surface area contributed by atoms with E-state index >= 15 is 0 Å². The number of aryl methyl sites for hydroxylation is 1. The fourth-order valence-corrected chi connectivity index (χ4v) is 3.52. The third-order valence-corrected chi connectivity index (χ3v) is 4.87. The van der Waals surface area contributed by atoms with E-state index in [9.17, 15) is 4.79 Å². The Bertz CT molecular complexity index is 741. The molecule has 1 saturated heterocycles. The number of nitrogens with one attached hydrogen (secondary N) is 1. The predicted molar refractivity (Wildman–Crippen MR) is 89.5 cm³/mol. The molecule has 24 heavy (non-hydrogen) atoms. The van der Waals surface area contributed by atoms with Gasteiger partial charge in [0.15, 0.2) is 0 Å². The molecule has 0 aromatic carbocycles. The van der Waals surface area contributed by atoms with Crippen molar-refractivity contribution in [1.82, 2.24) is 24.6 Å². The van der Waals surface area contributed by atoms with E-state index in [2.05, 4.69) is 20.4 Å². The fourth-order valence-electron chi connectivity index (χ4n) is 3.43. The standard InChI is InChI=1S/C16H19ClN6O/c1-22-13(6-7-20-22)15-12(21-16-18-8-10(17)9-19-16)4-5-14(24)23(15)11-2-3-11/h6-9,11-12,15H,2-5H2,1H3,(H,18,19,21)/t12-,15-/m1/s1. The van der Waals surface area contributed by atoms with Crippen LogP contribution in [0, 0.1) is 0 Å². The number of aromatic nitrogens is 4. The van der Waals surface area contributed by atoms with E-state index in [1.54, 1.807) is 18.6 Å². The number of likely N-dealkylation sites (tertiary alicyclic amines) is 1. The number of amides is 1. The van der Waals surface area contributed by atoms with Gasteiger partial charge in [-0.1, -0.05) is 11.6 Å². The SMILES string of the molecule is Cn1nccc1[C@H]1[C@H](Nc2ncc(Cl)cn2)CCC(=O)N1C1CC1. The van der Waals surface area contributed by atoms with Crippen LogP contribution in [0.25, 0.3) is 0 Å². The zero-order valence-electron chi connectivity index (χ0n) is 13.4. The van der Waals surface area contributed by atoms with E-state index in [1.165, 1.54) is 0 Å². The van der Waals surface area contributed by atoms with Crippen LogP contribution < -0.4 is 5.32 Å². The minimum atomic E-state index is -0.0643. The molecule has 8 heteroatoms. The van der Waals surface area contributed by atoms with Crippen LogP contribution in [0.4, 0.5) is 5.95 Å². The summed E-state index contributed by atoms with van der Waals surface area (Å²) < 4.78 is 1.84. The average molecular weight is 347 g/mol. The maximum atomic E-state index is 12.6. The topological polar surface area (TPSA) is 75.9 Å². The van der Waals surface area contributed by atoms with E-state index in [0.717, 1.165) is 25.0 Å². The first kappa shape index (κ1) is 15.4. The van der Waals surface area contributed by atoms with E-state index < -0.39 is 0 Å². The highest BCUT2D eigenvalue weighted by atomic mass is 35.5. The van der Waals surface area contributed by atoms with Crippen LogP contribution >= 0.6 is 11.6 Å². The second kappa shape index (κ2) is 6.05. The minimum absolute atomic E-state index is 0.0416. The van der Waals surface area contributed by atoms with Crippen molar-refractivity contribution in [3.8, 4) is 0 Å². The molecule has 7 nitrogen and oxygen atoms in total. The lowest BCUT2D eigenvalue weighted by Crippen LogP contribution is -2.50. The number of carbonyl (C=O) groups excluding carboxylic acids is 1. The van der Waals surface area contributed by atoms with Gasteiger partial charge in [-0.05, 0) is 25.3 Å². The van der Waals surface area contributed by atoms with Gasteiger partial charge >= 0.3 is 0 Å². The van der Waals surface area contributed by atoms with Gasteiger partial charge in [0.25, 0.3) is 0 Å². The number of piperidine rings is 1. The first-order valence-corrected chi connectivity index (χ1v) is 8.54. The van der Waals surface area contributed by atoms with Crippen molar-refractivity contribution < 1.29 is 4.79 Å². The molecule has 1 N–H and O–H groups in total. The number of rotatable bonds is 4. The normalized spacial score (nSPS) is 24.2. The molecule has 1 amide bonds. The molecule has 0 unspecified atom stereocenters. The molecule has 0 bridgehead atoms.